The van der Waals surface area contributed by atoms with E-state index in [4.69, 9.17) is 5.73 Å². The van der Waals surface area contributed by atoms with Gasteiger partial charge in [0.1, 0.15) is 11.5 Å². The molecule has 94 valence electrons. The van der Waals surface area contributed by atoms with E-state index in [9.17, 15) is 14.5 Å². The lowest BCUT2D eigenvalue weighted by molar-refractivity contribution is -0.384. The van der Waals surface area contributed by atoms with Gasteiger partial charge in [-0.2, -0.15) is 0 Å². The Kier molecular flexibility index (Phi) is 4.39. The fraction of sp³-hybridized carbons (Fsp3) is 0.455. The molecular formula is C11H16FN3O2. The third-order valence-corrected chi connectivity index (χ3v) is 2.55. The van der Waals surface area contributed by atoms with Gasteiger partial charge in [0, 0.05) is 24.7 Å². The van der Waals surface area contributed by atoms with Crippen LogP contribution in [0.15, 0.2) is 18.2 Å². The van der Waals surface area contributed by atoms with Crippen molar-refractivity contribution in [3.05, 3.63) is 34.1 Å². The van der Waals surface area contributed by atoms with Crippen LogP contribution in [0.1, 0.15) is 13.8 Å². The molecule has 1 unspecified atom stereocenters. The summed E-state index contributed by atoms with van der Waals surface area (Å²) >= 11 is 0. The number of hydrogen-bond donors (Lipinski definition) is 2. The maximum atomic E-state index is 13.1. The van der Waals surface area contributed by atoms with Crippen molar-refractivity contribution in [3.8, 4) is 0 Å². The molecule has 0 aliphatic carbocycles. The minimum absolute atomic E-state index is 0.129. The fourth-order valence-corrected chi connectivity index (χ4v) is 1.48. The number of nitrogens with two attached hydrogens (primary N) is 1. The normalized spacial score (nSPS) is 12.5. The molecule has 1 aromatic carbocycles. The molecule has 5 nitrogen and oxygen atoms in total. The van der Waals surface area contributed by atoms with Crippen LogP contribution in [0.3, 0.4) is 0 Å². The average molecular weight is 241 g/mol. The molecule has 17 heavy (non-hydrogen) atoms. The van der Waals surface area contributed by atoms with E-state index in [1.807, 2.05) is 13.8 Å². The molecule has 0 radical (unpaired) electrons. The van der Waals surface area contributed by atoms with Gasteiger partial charge >= 0.3 is 0 Å². The van der Waals surface area contributed by atoms with E-state index < -0.39 is 10.7 Å². The Morgan fingerprint density at radius 3 is 2.65 bits per heavy atom. The van der Waals surface area contributed by atoms with Crippen LogP contribution in [-0.4, -0.2) is 17.5 Å². The maximum Gasteiger partial charge on any atom is 0.292 e. The van der Waals surface area contributed by atoms with Crippen LogP contribution >= 0.6 is 0 Å². The lowest BCUT2D eigenvalue weighted by Gasteiger charge is -2.21. The van der Waals surface area contributed by atoms with Gasteiger partial charge in [0.15, 0.2) is 0 Å². The number of nitrogens with one attached hydrogen (secondary N) is 1. The van der Waals surface area contributed by atoms with Crippen molar-refractivity contribution < 1.29 is 9.31 Å². The van der Waals surface area contributed by atoms with Crippen LogP contribution in [0, 0.1) is 21.8 Å². The minimum atomic E-state index is -0.546. The van der Waals surface area contributed by atoms with E-state index in [2.05, 4.69) is 5.32 Å². The highest BCUT2D eigenvalue weighted by Crippen LogP contribution is 2.26. The van der Waals surface area contributed by atoms with Gasteiger partial charge in [-0.25, -0.2) is 4.39 Å². The first-order valence-electron chi connectivity index (χ1n) is 5.36. The van der Waals surface area contributed by atoms with Gasteiger partial charge in [0.25, 0.3) is 5.69 Å². The molecule has 0 heterocycles. The average Bonchev–Trinajstić information content (AvgIpc) is 2.25. The molecular weight excluding hydrogens is 225 g/mol. The monoisotopic (exact) mass is 241 g/mol. The highest BCUT2D eigenvalue weighted by molar-refractivity contribution is 5.62. The van der Waals surface area contributed by atoms with Crippen molar-refractivity contribution in [1.29, 1.82) is 0 Å². The molecule has 0 spiro atoms. The highest BCUT2D eigenvalue weighted by Gasteiger charge is 2.18. The molecule has 0 amide bonds. The zero-order chi connectivity index (χ0) is 13.0. The van der Waals surface area contributed by atoms with Crippen molar-refractivity contribution in [2.75, 3.05) is 11.9 Å². The van der Waals surface area contributed by atoms with Gasteiger partial charge in [0.05, 0.1) is 4.92 Å². The molecule has 3 N–H and O–H groups in total. The van der Waals surface area contributed by atoms with E-state index >= 15 is 0 Å². The number of nitro benzene ring substituents is 1. The molecule has 6 heteroatoms. The molecule has 0 bridgehead atoms. The summed E-state index contributed by atoms with van der Waals surface area (Å²) in [6.07, 6.45) is 0. The quantitative estimate of drug-likeness (QED) is 0.611. The predicted molar refractivity (Wildman–Crippen MR) is 64.4 cm³/mol. The van der Waals surface area contributed by atoms with Crippen LogP contribution < -0.4 is 11.1 Å². The largest absolute Gasteiger partial charge is 0.375 e. The SMILES string of the molecule is CC(C)C(CN)Nc1cc(F)ccc1[N+](=O)[O-]. The third kappa shape index (κ3) is 3.39. The number of hydrogen-bond acceptors (Lipinski definition) is 4. The molecule has 1 atom stereocenters. The Bertz CT molecular complexity index is 410. The summed E-state index contributed by atoms with van der Waals surface area (Å²) in [5.41, 5.74) is 5.58. The van der Waals surface area contributed by atoms with Gasteiger partial charge in [-0.05, 0) is 12.0 Å². The molecule has 1 aromatic rings. The lowest BCUT2D eigenvalue weighted by Crippen LogP contribution is -2.33. The van der Waals surface area contributed by atoms with E-state index in [0.717, 1.165) is 18.2 Å². The molecule has 0 saturated heterocycles. The summed E-state index contributed by atoms with van der Waals surface area (Å²) in [5.74, 6) is -0.319. The van der Waals surface area contributed by atoms with Gasteiger partial charge < -0.3 is 11.1 Å². The standard InChI is InChI=1S/C11H16FN3O2/c1-7(2)10(6-13)14-9-5-8(12)3-4-11(9)15(16)17/h3-5,7,10,14H,6,13H2,1-2H3. The number of nitro groups is 1. The second-order valence-electron chi connectivity index (χ2n) is 4.15. The van der Waals surface area contributed by atoms with E-state index in [1.54, 1.807) is 0 Å². The Labute approximate surface area is 99.0 Å². The Morgan fingerprint density at radius 2 is 2.18 bits per heavy atom. The summed E-state index contributed by atoms with van der Waals surface area (Å²) in [7, 11) is 0. The van der Waals surface area contributed by atoms with Crippen LogP contribution in [0.4, 0.5) is 15.8 Å². The van der Waals surface area contributed by atoms with E-state index in [-0.39, 0.29) is 23.3 Å². The molecule has 0 aromatic heterocycles. The van der Waals surface area contributed by atoms with Crippen LogP contribution in [-0.2, 0) is 0 Å². The first-order valence-corrected chi connectivity index (χ1v) is 5.36. The Balaban J connectivity index is 3.03. The van der Waals surface area contributed by atoms with Gasteiger partial charge in [-0.15, -0.1) is 0 Å². The molecule has 0 saturated carbocycles. The second kappa shape index (κ2) is 5.58. The molecule has 0 aliphatic rings. The number of nitrogens with zero attached hydrogens (tertiary/aromatic N) is 1. The maximum absolute atomic E-state index is 13.1. The molecule has 1 rings (SSSR count). The van der Waals surface area contributed by atoms with Crippen molar-refractivity contribution in [1.82, 2.24) is 0 Å². The van der Waals surface area contributed by atoms with E-state index in [1.165, 1.54) is 0 Å². The highest BCUT2D eigenvalue weighted by atomic mass is 19.1. The summed E-state index contributed by atoms with van der Waals surface area (Å²) in [5, 5.41) is 13.7. The zero-order valence-corrected chi connectivity index (χ0v) is 9.81. The number of rotatable bonds is 5. The number of halogens is 1. The molecule has 0 fully saturated rings. The molecule has 0 aliphatic heterocycles. The first-order chi connectivity index (χ1) is 7.95. The summed E-state index contributed by atoms with van der Waals surface area (Å²) < 4.78 is 13.1. The summed E-state index contributed by atoms with van der Waals surface area (Å²) in [6.45, 7) is 4.21. The third-order valence-electron chi connectivity index (χ3n) is 2.55. The van der Waals surface area contributed by atoms with Crippen molar-refractivity contribution >= 4 is 11.4 Å². The summed E-state index contributed by atoms with van der Waals surface area (Å²) in [4.78, 5) is 10.2. The van der Waals surface area contributed by atoms with E-state index in [0.29, 0.717) is 6.54 Å². The van der Waals surface area contributed by atoms with Crippen molar-refractivity contribution in [2.45, 2.75) is 19.9 Å². The number of anilines is 1. The zero-order valence-electron chi connectivity index (χ0n) is 9.81. The van der Waals surface area contributed by atoms with Gasteiger partial charge in [0.2, 0.25) is 0 Å². The van der Waals surface area contributed by atoms with Crippen LogP contribution in [0.25, 0.3) is 0 Å². The van der Waals surface area contributed by atoms with Gasteiger partial charge in [-0.3, -0.25) is 10.1 Å². The lowest BCUT2D eigenvalue weighted by atomic mass is 10.0. The topological polar surface area (TPSA) is 81.2 Å². The summed E-state index contributed by atoms with van der Waals surface area (Å²) in [6, 6.07) is 3.20. The fourth-order valence-electron chi connectivity index (χ4n) is 1.48. The number of benzene rings is 1. The predicted octanol–water partition coefficient (Wildman–Crippen LogP) is 2.13. The smallest absolute Gasteiger partial charge is 0.292 e. The van der Waals surface area contributed by atoms with Gasteiger partial charge in [-0.1, -0.05) is 13.8 Å². The first kappa shape index (κ1) is 13.4. The van der Waals surface area contributed by atoms with Crippen LogP contribution in [0.2, 0.25) is 0 Å². The second-order valence-corrected chi connectivity index (χ2v) is 4.15. The van der Waals surface area contributed by atoms with Crippen molar-refractivity contribution in [2.24, 2.45) is 11.7 Å². The minimum Gasteiger partial charge on any atom is -0.375 e. The Hall–Kier alpha value is -1.69. The van der Waals surface area contributed by atoms with Crippen molar-refractivity contribution in [3.63, 3.8) is 0 Å². The Morgan fingerprint density at radius 1 is 1.53 bits per heavy atom. The van der Waals surface area contributed by atoms with Crippen LogP contribution in [0.5, 0.6) is 0 Å².